The van der Waals surface area contributed by atoms with E-state index in [1.165, 1.54) is 0 Å². The lowest BCUT2D eigenvalue weighted by atomic mass is 10.0. The Labute approximate surface area is 211 Å². The summed E-state index contributed by atoms with van der Waals surface area (Å²) in [6, 6.07) is 8.16. The van der Waals surface area contributed by atoms with E-state index in [1.54, 1.807) is 7.05 Å². The third kappa shape index (κ3) is 10.5. The van der Waals surface area contributed by atoms with Crippen molar-refractivity contribution in [3.05, 3.63) is 35.4 Å². The summed E-state index contributed by atoms with van der Waals surface area (Å²) in [6.45, 7) is 15.5. The number of hydrogen-bond donors (Lipinski definition) is 3. The van der Waals surface area contributed by atoms with Crippen molar-refractivity contribution in [2.75, 3.05) is 39.9 Å². The molecule has 1 aliphatic rings. The van der Waals surface area contributed by atoms with Crippen LogP contribution in [0.1, 0.15) is 57.0 Å². The molecule has 0 radical (unpaired) electrons. The van der Waals surface area contributed by atoms with Gasteiger partial charge in [-0.15, -0.1) is 24.0 Å². The average molecular weight is 560 g/mol. The first kappa shape index (κ1) is 28.6. The lowest BCUT2D eigenvalue weighted by Gasteiger charge is -2.35. The van der Waals surface area contributed by atoms with Crippen molar-refractivity contribution in [3.8, 4) is 0 Å². The Bertz CT molecular complexity index is 727. The summed E-state index contributed by atoms with van der Waals surface area (Å²) in [5.74, 6) is 1.34. The maximum Gasteiger partial charge on any atom is 0.251 e. The number of guanidine groups is 1. The van der Waals surface area contributed by atoms with Crippen LogP contribution in [-0.4, -0.2) is 68.2 Å². The standard InChI is InChI=1S/C24H41N5O2.HI/c1-18(2)14-21(29-10-12-31-13-11-29)17-27-23(25-6)26-16-19-8-7-9-20(15-19)22(30)28-24(3,4)5;/h7-9,15,18,21H,10-14,16-17H2,1-6H3,(H,28,30)(H2,25,26,27);1H. The Hall–Kier alpha value is -1.39. The minimum absolute atomic E-state index is 0. The number of rotatable bonds is 8. The van der Waals surface area contributed by atoms with Crippen LogP contribution in [0, 0.1) is 5.92 Å². The summed E-state index contributed by atoms with van der Waals surface area (Å²) >= 11 is 0. The Morgan fingerprint density at radius 1 is 1.19 bits per heavy atom. The number of ether oxygens (including phenoxy) is 1. The first-order chi connectivity index (χ1) is 14.7. The number of nitrogens with one attached hydrogen (secondary N) is 3. The average Bonchev–Trinajstić information content (AvgIpc) is 2.72. The molecule has 1 aromatic carbocycles. The van der Waals surface area contributed by atoms with Gasteiger partial charge in [-0.1, -0.05) is 26.0 Å². The van der Waals surface area contributed by atoms with Crippen LogP contribution in [0.2, 0.25) is 0 Å². The van der Waals surface area contributed by atoms with Gasteiger partial charge >= 0.3 is 0 Å². The van der Waals surface area contributed by atoms with Crippen molar-refractivity contribution in [2.45, 2.75) is 59.2 Å². The number of amides is 1. The van der Waals surface area contributed by atoms with Gasteiger partial charge < -0.3 is 20.7 Å². The highest BCUT2D eigenvalue weighted by atomic mass is 127. The maximum absolute atomic E-state index is 12.4. The number of halogens is 1. The summed E-state index contributed by atoms with van der Waals surface area (Å²) < 4.78 is 5.52. The molecule has 0 saturated carbocycles. The number of hydrogen-bond acceptors (Lipinski definition) is 4. The summed E-state index contributed by atoms with van der Waals surface area (Å²) in [4.78, 5) is 19.3. The molecule has 1 atom stereocenters. The predicted molar refractivity (Wildman–Crippen MR) is 143 cm³/mol. The van der Waals surface area contributed by atoms with Gasteiger partial charge in [-0.3, -0.25) is 14.7 Å². The summed E-state index contributed by atoms with van der Waals surface area (Å²) in [6.07, 6.45) is 1.13. The number of nitrogens with zero attached hydrogens (tertiary/aromatic N) is 2. The van der Waals surface area contributed by atoms with Gasteiger partial charge in [0.05, 0.1) is 13.2 Å². The maximum atomic E-state index is 12.4. The van der Waals surface area contributed by atoms with E-state index in [1.807, 2.05) is 45.0 Å². The van der Waals surface area contributed by atoms with Crippen molar-refractivity contribution in [3.63, 3.8) is 0 Å². The molecule has 8 heteroatoms. The molecule has 1 amide bonds. The van der Waals surface area contributed by atoms with Crippen LogP contribution in [0.15, 0.2) is 29.3 Å². The van der Waals surface area contributed by atoms with Gasteiger partial charge in [-0.25, -0.2) is 0 Å². The molecule has 0 aliphatic carbocycles. The first-order valence-electron chi connectivity index (χ1n) is 11.4. The normalized spacial score (nSPS) is 16.3. The molecule has 1 heterocycles. The van der Waals surface area contributed by atoms with E-state index in [-0.39, 0.29) is 35.4 Å². The van der Waals surface area contributed by atoms with Crippen molar-refractivity contribution in [1.82, 2.24) is 20.9 Å². The van der Waals surface area contributed by atoms with Crippen molar-refractivity contribution >= 4 is 35.8 Å². The summed E-state index contributed by atoms with van der Waals surface area (Å²) in [7, 11) is 1.79. The monoisotopic (exact) mass is 559 g/mol. The largest absolute Gasteiger partial charge is 0.379 e. The van der Waals surface area contributed by atoms with E-state index in [0.717, 1.165) is 50.8 Å². The Morgan fingerprint density at radius 3 is 2.47 bits per heavy atom. The molecule has 32 heavy (non-hydrogen) atoms. The van der Waals surface area contributed by atoms with Crippen LogP contribution in [-0.2, 0) is 11.3 Å². The highest BCUT2D eigenvalue weighted by molar-refractivity contribution is 14.0. The fourth-order valence-corrected chi connectivity index (χ4v) is 3.70. The van der Waals surface area contributed by atoms with Crippen molar-refractivity contribution in [1.29, 1.82) is 0 Å². The smallest absolute Gasteiger partial charge is 0.251 e. The molecule has 1 aliphatic heterocycles. The minimum atomic E-state index is -0.260. The van der Waals surface area contributed by atoms with Gasteiger partial charge in [0.25, 0.3) is 5.91 Å². The van der Waals surface area contributed by atoms with E-state index < -0.39 is 0 Å². The zero-order valence-electron chi connectivity index (χ0n) is 20.5. The number of carbonyl (C=O) groups excluding carboxylic acids is 1. The lowest BCUT2D eigenvalue weighted by Crippen LogP contribution is -2.51. The Kier molecular flexibility index (Phi) is 12.5. The molecule has 1 unspecified atom stereocenters. The number of carbonyl (C=O) groups is 1. The molecular weight excluding hydrogens is 517 g/mol. The molecule has 1 fully saturated rings. The fourth-order valence-electron chi connectivity index (χ4n) is 3.70. The number of benzene rings is 1. The van der Waals surface area contributed by atoms with Crippen molar-refractivity contribution < 1.29 is 9.53 Å². The third-order valence-electron chi connectivity index (χ3n) is 5.17. The van der Waals surface area contributed by atoms with E-state index in [0.29, 0.717) is 24.1 Å². The zero-order chi connectivity index (χ0) is 22.9. The predicted octanol–water partition coefficient (Wildman–Crippen LogP) is 3.24. The minimum Gasteiger partial charge on any atom is -0.379 e. The SMILES string of the molecule is CN=C(NCc1cccc(C(=O)NC(C)(C)C)c1)NCC(CC(C)C)N1CCOCC1.I. The van der Waals surface area contributed by atoms with Gasteiger partial charge in [-0.2, -0.15) is 0 Å². The van der Waals surface area contributed by atoms with Crippen LogP contribution in [0.4, 0.5) is 0 Å². The number of aliphatic imine (C=N–C) groups is 1. The second-order valence-corrected chi connectivity index (χ2v) is 9.64. The molecule has 0 aromatic heterocycles. The van der Waals surface area contributed by atoms with Crippen molar-refractivity contribution in [2.24, 2.45) is 10.9 Å². The molecule has 3 N–H and O–H groups in total. The summed E-state index contributed by atoms with van der Waals surface area (Å²) in [5.41, 5.74) is 1.45. The van der Waals surface area contributed by atoms with Gasteiger partial charge in [0.2, 0.25) is 0 Å². The first-order valence-corrected chi connectivity index (χ1v) is 11.4. The van der Waals surface area contributed by atoms with E-state index in [4.69, 9.17) is 4.74 Å². The van der Waals surface area contributed by atoms with Gasteiger partial charge in [0.15, 0.2) is 5.96 Å². The molecule has 2 rings (SSSR count). The zero-order valence-corrected chi connectivity index (χ0v) is 22.9. The summed E-state index contributed by atoms with van der Waals surface area (Å²) in [5, 5.41) is 9.87. The molecular formula is C24H42IN5O2. The van der Waals surface area contributed by atoms with Gasteiger partial charge in [0.1, 0.15) is 0 Å². The fraction of sp³-hybridized carbons (Fsp3) is 0.667. The van der Waals surface area contributed by atoms with E-state index in [2.05, 4.69) is 39.7 Å². The second-order valence-electron chi connectivity index (χ2n) is 9.64. The van der Waals surface area contributed by atoms with Gasteiger partial charge in [-0.05, 0) is 50.8 Å². The van der Waals surface area contributed by atoms with Crippen LogP contribution < -0.4 is 16.0 Å². The highest BCUT2D eigenvalue weighted by Crippen LogP contribution is 2.13. The Morgan fingerprint density at radius 2 is 1.88 bits per heavy atom. The van der Waals surface area contributed by atoms with Crippen LogP contribution in [0.3, 0.4) is 0 Å². The molecule has 7 nitrogen and oxygen atoms in total. The molecule has 0 bridgehead atoms. The number of morpholine rings is 1. The Balaban J connectivity index is 0.00000512. The highest BCUT2D eigenvalue weighted by Gasteiger charge is 2.22. The van der Waals surface area contributed by atoms with Gasteiger partial charge in [0, 0.05) is 50.4 Å². The second kappa shape index (κ2) is 14.0. The van der Waals surface area contributed by atoms with E-state index >= 15 is 0 Å². The topological polar surface area (TPSA) is 78.0 Å². The molecule has 182 valence electrons. The quantitative estimate of drug-likeness (QED) is 0.259. The van der Waals surface area contributed by atoms with E-state index in [9.17, 15) is 4.79 Å². The lowest BCUT2D eigenvalue weighted by molar-refractivity contribution is 0.0132. The van der Waals surface area contributed by atoms with Crippen LogP contribution >= 0.6 is 24.0 Å². The molecule has 1 aromatic rings. The third-order valence-corrected chi connectivity index (χ3v) is 5.17. The molecule has 0 spiro atoms. The van der Waals surface area contributed by atoms with Crippen LogP contribution in [0.5, 0.6) is 0 Å². The van der Waals surface area contributed by atoms with Crippen LogP contribution in [0.25, 0.3) is 0 Å². The molecule has 1 saturated heterocycles.